The molecule has 0 bridgehead atoms. The lowest BCUT2D eigenvalue weighted by Crippen LogP contribution is -2.48. The van der Waals surface area contributed by atoms with Crippen molar-refractivity contribution in [1.29, 1.82) is 0 Å². The average molecular weight is 401 g/mol. The van der Waals surface area contributed by atoms with Crippen LogP contribution in [0.25, 0.3) is 11.5 Å². The number of piperazine rings is 1. The molecule has 1 fully saturated rings. The van der Waals surface area contributed by atoms with Crippen LogP contribution >= 0.6 is 11.6 Å². The summed E-state index contributed by atoms with van der Waals surface area (Å²) in [4.78, 5) is 20.8. The summed E-state index contributed by atoms with van der Waals surface area (Å²) in [5, 5.41) is 4.38. The van der Waals surface area contributed by atoms with E-state index in [0.29, 0.717) is 49.5 Å². The number of carbonyl (C=O) groups is 1. The van der Waals surface area contributed by atoms with Crippen molar-refractivity contribution in [3.05, 3.63) is 70.8 Å². The van der Waals surface area contributed by atoms with Gasteiger partial charge in [0.1, 0.15) is 5.82 Å². The molecule has 1 aliphatic rings. The van der Waals surface area contributed by atoms with Crippen LogP contribution in [0.3, 0.4) is 0 Å². The van der Waals surface area contributed by atoms with Crippen LogP contribution in [0.2, 0.25) is 5.02 Å². The second-order valence-electron chi connectivity index (χ2n) is 6.57. The highest BCUT2D eigenvalue weighted by Crippen LogP contribution is 2.19. The number of hydrogen-bond acceptors (Lipinski definition) is 5. The number of amides is 1. The van der Waals surface area contributed by atoms with Crippen LogP contribution in [-0.2, 0) is 6.54 Å². The maximum absolute atomic E-state index is 13.9. The van der Waals surface area contributed by atoms with Crippen LogP contribution in [-0.4, -0.2) is 52.0 Å². The van der Waals surface area contributed by atoms with Crippen LogP contribution in [0.15, 0.2) is 53.1 Å². The number of halogens is 2. The number of nitrogens with zero attached hydrogens (tertiary/aromatic N) is 4. The highest BCUT2D eigenvalue weighted by molar-refractivity contribution is 6.31. The minimum absolute atomic E-state index is 0.00613. The third-order valence-corrected chi connectivity index (χ3v) is 4.91. The Balaban J connectivity index is 1.35. The fourth-order valence-corrected chi connectivity index (χ4v) is 3.33. The SMILES string of the molecule is O=C(c1cc(Cl)ccc1F)N1CCN(Cc2noc(-c3ccccc3)n2)CC1. The highest BCUT2D eigenvalue weighted by Gasteiger charge is 2.25. The summed E-state index contributed by atoms with van der Waals surface area (Å²) in [6, 6.07) is 13.6. The molecule has 4 rings (SSSR count). The number of carbonyl (C=O) groups excluding carboxylic acids is 1. The van der Waals surface area contributed by atoms with Crippen molar-refractivity contribution in [2.75, 3.05) is 26.2 Å². The summed E-state index contributed by atoms with van der Waals surface area (Å²) in [5.41, 5.74) is 0.881. The maximum Gasteiger partial charge on any atom is 0.257 e. The van der Waals surface area contributed by atoms with E-state index in [1.165, 1.54) is 18.2 Å². The molecule has 1 aromatic heterocycles. The lowest BCUT2D eigenvalue weighted by Gasteiger charge is -2.34. The van der Waals surface area contributed by atoms with Gasteiger partial charge in [0, 0.05) is 36.8 Å². The summed E-state index contributed by atoms with van der Waals surface area (Å²) in [5.74, 6) is 0.183. The van der Waals surface area contributed by atoms with Crippen molar-refractivity contribution in [3.63, 3.8) is 0 Å². The van der Waals surface area contributed by atoms with Gasteiger partial charge in [0.05, 0.1) is 12.1 Å². The normalized spacial score (nSPS) is 15.0. The first-order valence-corrected chi connectivity index (χ1v) is 9.32. The van der Waals surface area contributed by atoms with E-state index in [1.807, 2.05) is 30.3 Å². The molecule has 0 radical (unpaired) electrons. The van der Waals surface area contributed by atoms with Gasteiger partial charge in [0.15, 0.2) is 5.82 Å². The molecule has 0 aliphatic carbocycles. The predicted molar refractivity (Wildman–Crippen MR) is 102 cm³/mol. The van der Waals surface area contributed by atoms with Crippen molar-refractivity contribution >= 4 is 17.5 Å². The van der Waals surface area contributed by atoms with Gasteiger partial charge >= 0.3 is 0 Å². The minimum Gasteiger partial charge on any atom is -0.336 e. The van der Waals surface area contributed by atoms with E-state index in [4.69, 9.17) is 16.1 Å². The zero-order chi connectivity index (χ0) is 19.5. The van der Waals surface area contributed by atoms with Gasteiger partial charge in [-0.05, 0) is 30.3 Å². The number of aromatic nitrogens is 2. The average Bonchev–Trinajstić information content (AvgIpc) is 3.19. The van der Waals surface area contributed by atoms with E-state index >= 15 is 0 Å². The number of hydrogen-bond donors (Lipinski definition) is 0. The van der Waals surface area contributed by atoms with Gasteiger partial charge in [-0.3, -0.25) is 9.69 Å². The van der Waals surface area contributed by atoms with Crippen LogP contribution in [0.5, 0.6) is 0 Å². The lowest BCUT2D eigenvalue weighted by atomic mass is 10.1. The third-order valence-electron chi connectivity index (χ3n) is 4.67. The molecule has 0 saturated carbocycles. The topological polar surface area (TPSA) is 62.5 Å². The van der Waals surface area contributed by atoms with Gasteiger partial charge in [-0.1, -0.05) is 35.0 Å². The Bertz CT molecular complexity index is 971. The summed E-state index contributed by atoms with van der Waals surface area (Å²) in [6.07, 6.45) is 0. The van der Waals surface area contributed by atoms with E-state index in [-0.39, 0.29) is 11.5 Å². The molecule has 8 heteroatoms. The smallest absolute Gasteiger partial charge is 0.257 e. The molecular formula is C20H18ClFN4O2. The fourth-order valence-electron chi connectivity index (χ4n) is 3.16. The minimum atomic E-state index is -0.558. The van der Waals surface area contributed by atoms with Crippen molar-refractivity contribution in [1.82, 2.24) is 19.9 Å². The molecule has 28 heavy (non-hydrogen) atoms. The van der Waals surface area contributed by atoms with E-state index in [9.17, 15) is 9.18 Å². The van der Waals surface area contributed by atoms with Gasteiger partial charge in [0.25, 0.3) is 11.8 Å². The monoisotopic (exact) mass is 400 g/mol. The Hall–Kier alpha value is -2.77. The zero-order valence-electron chi connectivity index (χ0n) is 15.0. The van der Waals surface area contributed by atoms with Crippen molar-refractivity contribution < 1.29 is 13.7 Å². The molecule has 0 spiro atoms. The molecule has 0 N–H and O–H groups in total. The summed E-state index contributed by atoms with van der Waals surface area (Å²) >= 11 is 5.89. The van der Waals surface area contributed by atoms with Gasteiger partial charge in [-0.15, -0.1) is 0 Å². The Morgan fingerprint density at radius 1 is 1.11 bits per heavy atom. The standard InChI is InChI=1S/C20H18ClFN4O2/c21-15-6-7-17(22)16(12-15)20(27)26-10-8-25(9-11-26)13-18-23-19(28-24-18)14-4-2-1-3-5-14/h1-7,12H,8-11,13H2. The third kappa shape index (κ3) is 4.05. The number of rotatable bonds is 4. The first kappa shape index (κ1) is 18.6. The quantitative estimate of drug-likeness (QED) is 0.671. The van der Waals surface area contributed by atoms with Crippen molar-refractivity contribution in [2.24, 2.45) is 0 Å². The Kier molecular flexibility index (Phi) is 5.36. The first-order chi connectivity index (χ1) is 13.6. The molecule has 6 nitrogen and oxygen atoms in total. The van der Waals surface area contributed by atoms with Gasteiger partial charge in [-0.25, -0.2) is 4.39 Å². The van der Waals surface area contributed by atoms with E-state index in [2.05, 4.69) is 15.0 Å². The van der Waals surface area contributed by atoms with Crippen LogP contribution in [0.1, 0.15) is 16.2 Å². The molecule has 144 valence electrons. The van der Waals surface area contributed by atoms with Gasteiger partial charge in [0.2, 0.25) is 0 Å². The number of benzene rings is 2. The Labute approximate surface area is 166 Å². The molecule has 3 aromatic rings. The van der Waals surface area contributed by atoms with Crippen molar-refractivity contribution in [2.45, 2.75) is 6.54 Å². The summed E-state index contributed by atoms with van der Waals surface area (Å²) < 4.78 is 19.3. The van der Waals surface area contributed by atoms with Crippen LogP contribution < -0.4 is 0 Å². The molecule has 0 unspecified atom stereocenters. The molecular weight excluding hydrogens is 383 g/mol. The van der Waals surface area contributed by atoms with Gasteiger partial charge in [-0.2, -0.15) is 4.98 Å². The van der Waals surface area contributed by atoms with E-state index in [1.54, 1.807) is 4.90 Å². The lowest BCUT2D eigenvalue weighted by molar-refractivity contribution is 0.0620. The van der Waals surface area contributed by atoms with E-state index < -0.39 is 5.82 Å². The molecule has 0 atom stereocenters. The largest absolute Gasteiger partial charge is 0.336 e. The molecule has 2 aromatic carbocycles. The maximum atomic E-state index is 13.9. The predicted octanol–water partition coefficient (Wildman–Crippen LogP) is 3.49. The summed E-state index contributed by atoms with van der Waals surface area (Å²) in [7, 11) is 0. The molecule has 2 heterocycles. The van der Waals surface area contributed by atoms with E-state index in [0.717, 1.165) is 5.56 Å². The summed E-state index contributed by atoms with van der Waals surface area (Å²) in [6.45, 7) is 2.80. The zero-order valence-corrected chi connectivity index (χ0v) is 15.8. The van der Waals surface area contributed by atoms with Crippen LogP contribution in [0, 0.1) is 5.82 Å². The highest BCUT2D eigenvalue weighted by atomic mass is 35.5. The Morgan fingerprint density at radius 3 is 2.61 bits per heavy atom. The first-order valence-electron chi connectivity index (χ1n) is 8.95. The Morgan fingerprint density at radius 2 is 1.86 bits per heavy atom. The second kappa shape index (κ2) is 8.08. The molecule has 1 aliphatic heterocycles. The van der Waals surface area contributed by atoms with Crippen molar-refractivity contribution in [3.8, 4) is 11.5 Å². The fraction of sp³-hybridized carbons (Fsp3) is 0.250. The second-order valence-corrected chi connectivity index (χ2v) is 7.01. The molecule has 1 saturated heterocycles. The van der Waals surface area contributed by atoms with Gasteiger partial charge < -0.3 is 9.42 Å². The van der Waals surface area contributed by atoms with Crippen LogP contribution in [0.4, 0.5) is 4.39 Å². The molecule has 1 amide bonds.